The van der Waals surface area contributed by atoms with Crippen molar-refractivity contribution in [3.63, 3.8) is 0 Å². The predicted octanol–water partition coefficient (Wildman–Crippen LogP) is 2.18. The molecule has 4 heterocycles. The number of hydrogen-bond acceptors (Lipinski definition) is 4. The van der Waals surface area contributed by atoms with Crippen LogP contribution in [0, 0.1) is 5.82 Å². The van der Waals surface area contributed by atoms with Gasteiger partial charge in [0.25, 0.3) is 0 Å². The molecule has 0 saturated carbocycles. The molecule has 0 radical (unpaired) electrons. The van der Waals surface area contributed by atoms with Crippen LogP contribution in [0.1, 0.15) is 42.7 Å². The van der Waals surface area contributed by atoms with Crippen LogP contribution in [0.15, 0.2) is 23.1 Å². The lowest BCUT2D eigenvalue weighted by Gasteiger charge is -2.31. The zero-order valence-corrected chi connectivity index (χ0v) is 15.6. The molecule has 0 bridgehead atoms. The topological polar surface area (TPSA) is 73.0 Å². The predicted molar refractivity (Wildman–Crippen MR) is 92.9 cm³/mol. The summed E-state index contributed by atoms with van der Waals surface area (Å²) in [6.07, 6.45) is -5.11. The molecular weight excluding hydrogens is 413 g/mol. The van der Waals surface area contributed by atoms with Gasteiger partial charge in [-0.25, -0.2) is 18.3 Å². The van der Waals surface area contributed by atoms with Gasteiger partial charge in [0.15, 0.2) is 0 Å². The molecule has 0 N–H and O–H groups in total. The number of pyridine rings is 1. The number of fused-ring (bicyclic) bond motifs is 1. The molecule has 1 fully saturated rings. The van der Waals surface area contributed by atoms with Gasteiger partial charge >= 0.3 is 11.9 Å². The highest BCUT2D eigenvalue weighted by molar-refractivity contribution is 5.81. The van der Waals surface area contributed by atoms with E-state index in [0.29, 0.717) is 4.68 Å². The first kappa shape index (κ1) is 20.5. The lowest BCUT2D eigenvalue weighted by atomic mass is 9.93. The fourth-order valence-corrected chi connectivity index (χ4v) is 4.00. The van der Waals surface area contributed by atoms with Gasteiger partial charge in [-0.15, -0.1) is 0 Å². The van der Waals surface area contributed by atoms with Crippen LogP contribution >= 0.6 is 0 Å². The second-order valence-corrected chi connectivity index (χ2v) is 7.46. The summed E-state index contributed by atoms with van der Waals surface area (Å²) < 4.78 is 69.5. The fourth-order valence-electron chi connectivity index (χ4n) is 4.00. The Labute approximate surface area is 167 Å². The Kier molecular flexibility index (Phi) is 5.10. The van der Waals surface area contributed by atoms with Gasteiger partial charge in [-0.2, -0.15) is 18.3 Å². The summed E-state index contributed by atoms with van der Waals surface area (Å²) in [5, 5.41) is 3.80. The standard InChI is InChI=1S/C18H18F5N5O2/c19-10-5-7-26(8-10)16(29)14-4-3-11(18(21,22)23)15-25-27(17(30)28(14)15)9-13-12(20)2-1-6-24-13/h1-2,6,10-11,14H,3-5,7-9H2/t10-,11?,14?/m0/s1. The maximum Gasteiger partial charge on any atom is 0.398 e. The van der Waals surface area contributed by atoms with Crippen LogP contribution in [0.2, 0.25) is 0 Å². The van der Waals surface area contributed by atoms with Crippen LogP contribution in [0.3, 0.4) is 0 Å². The molecule has 12 heteroatoms. The molecule has 2 aromatic rings. The summed E-state index contributed by atoms with van der Waals surface area (Å²) in [7, 11) is 0. The van der Waals surface area contributed by atoms with Gasteiger partial charge in [0, 0.05) is 12.7 Å². The number of carbonyl (C=O) groups excluding carboxylic acids is 1. The van der Waals surface area contributed by atoms with E-state index in [1.54, 1.807) is 0 Å². The summed E-state index contributed by atoms with van der Waals surface area (Å²) >= 11 is 0. The third-order valence-electron chi connectivity index (χ3n) is 5.51. The SMILES string of the molecule is O=C(C1CCC(C(F)(F)F)c2nn(Cc3ncccc3F)c(=O)n21)N1CC[C@H](F)C1. The van der Waals surface area contributed by atoms with Crippen LogP contribution < -0.4 is 5.69 Å². The molecule has 1 saturated heterocycles. The first-order chi connectivity index (χ1) is 14.2. The maximum atomic E-state index is 13.9. The Morgan fingerprint density at radius 2 is 2.00 bits per heavy atom. The van der Waals surface area contributed by atoms with Gasteiger partial charge < -0.3 is 4.90 Å². The van der Waals surface area contributed by atoms with Crippen molar-refractivity contribution in [2.24, 2.45) is 0 Å². The third kappa shape index (κ3) is 3.58. The van der Waals surface area contributed by atoms with Crippen LogP contribution in [0.25, 0.3) is 0 Å². The minimum atomic E-state index is -4.67. The minimum Gasteiger partial charge on any atom is -0.338 e. The Hall–Kier alpha value is -2.79. The van der Waals surface area contributed by atoms with Crippen molar-refractivity contribution < 1.29 is 26.7 Å². The second kappa shape index (κ2) is 7.47. The highest BCUT2D eigenvalue weighted by atomic mass is 19.4. The van der Waals surface area contributed by atoms with Crippen LogP contribution in [-0.2, 0) is 11.3 Å². The number of likely N-dealkylation sites (tertiary alicyclic amines) is 1. The third-order valence-corrected chi connectivity index (χ3v) is 5.51. The van der Waals surface area contributed by atoms with E-state index in [9.17, 15) is 31.5 Å². The van der Waals surface area contributed by atoms with Gasteiger partial charge in [0.2, 0.25) is 5.91 Å². The zero-order valence-electron chi connectivity index (χ0n) is 15.6. The zero-order chi connectivity index (χ0) is 21.6. The van der Waals surface area contributed by atoms with Crippen LogP contribution in [0.5, 0.6) is 0 Å². The van der Waals surface area contributed by atoms with Crippen molar-refractivity contribution in [3.05, 3.63) is 46.1 Å². The molecule has 7 nitrogen and oxygen atoms in total. The number of hydrogen-bond donors (Lipinski definition) is 0. The summed E-state index contributed by atoms with van der Waals surface area (Å²) in [4.78, 5) is 30.8. The first-order valence-corrected chi connectivity index (χ1v) is 9.45. The van der Waals surface area contributed by atoms with Crippen LogP contribution in [-0.4, -0.2) is 55.6 Å². The van der Waals surface area contributed by atoms with E-state index < -0.39 is 60.5 Å². The summed E-state index contributed by atoms with van der Waals surface area (Å²) in [5.74, 6) is -3.97. The molecule has 2 aliphatic rings. The van der Waals surface area contributed by atoms with Crippen molar-refractivity contribution in [2.45, 2.75) is 50.1 Å². The molecule has 1 amide bonds. The molecule has 162 valence electrons. The van der Waals surface area contributed by atoms with Gasteiger partial charge in [-0.3, -0.25) is 14.3 Å². The molecule has 3 atom stereocenters. The van der Waals surface area contributed by atoms with Crippen molar-refractivity contribution in [2.75, 3.05) is 13.1 Å². The summed E-state index contributed by atoms with van der Waals surface area (Å²) in [6, 6.07) is 1.23. The Balaban J connectivity index is 1.75. The normalized spacial score (nSPS) is 24.2. The molecule has 2 unspecified atom stereocenters. The Bertz CT molecular complexity index is 1020. The summed E-state index contributed by atoms with van der Waals surface area (Å²) in [6.45, 7) is -0.501. The molecule has 0 aromatic carbocycles. The van der Waals surface area contributed by atoms with Crippen molar-refractivity contribution in [1.29, 1.82) is 0 Å². The van der Waals surface area contributed by atoms with Gasteiger partial charge in [-0.05, 0) is 31.4 Å². The molecular formula is C18H18F5N5O2. The number of aromatic nitrogens is 4. The number of amides is 1. The van der Waals surface area contributed by atoms with E-state index in [1.807, 2.05) is 0 Å². The van der Waals surface area contributed by atoms with Crippen molar-refractivity contribution in [1.82, 2.24) is 24.2 Å². The largest absolute Gasteiger partial charge is 0.398 e. The van der Waals surface area contributed by atoms with Gasteiger partial charge in [0.05, 0.1) is 18.8 Å². The number of alkyl halides is 4. The van der Waals surface area contributed by atoms with Crippen LogP contribution in [0.4, 0.5) is 22.0 Å². The lowest BCUT2D eigenvalue weighted by Crippen LogP contribution is -2.43. The molecule has 2 aliphatic heterocycles. The van der Waals surface area contributed by atoms with Gasteiger partial charge in [-0.1, -0.05) is 0 Å². The monoisotopic (exact) mass is 431 g/mol. The second-order valence-electron chi connectivity index (χ2n) is 7.46. The fraction of sp³-hybridized carbons (Fsp3) is 0.556. The molecule has 0 aliphatic carbocycles. The molecule has 0 spiro atoms. The Morgan fingerprint density at radius 1 is 1.23 bits per heavy atom. The highest BCUT2D eigenvalue weighted by Gasteiger charge is 2.49. The number of carbonyl (C=O) groups is 1. The summed E-state index contributed by atoms with van der Waals surface area (Å²) in [5.41, 5.74) is -1.13. The average molecular weight is 431 g/mol. The van der Waals surface area contributed by atoms with Crippen molar-refractivity contribution in [3.8, 4) is 0 Å². The quantitative estimate of drug-likeness (QED) is 0.699. The molecule has 2 aromatic heterocycles. The van der Waals surface area contributed by atoms with E-state index >= 15 is 0 Å². The van der Waals surface area contributed by atoms with E-state index in [-0.39, 0.29) is 31.6 Å². The number of nitrogens with zero attached hydrogens (tertiary/aromatic N) is 5. The molecule has 4 rings (SSSR count). The minimum absolute atomic E-state index is 0.135. The van der Waals surface area contributed by atoms with E-state index in [1.165, 1.54) is 17.2 Å². The van der Waals surface area contributed by atoms with Crippen molar-refractivity contribution >= 4 is 5.91 Å². The molecule has 30 heavy (non-hydrogen) atoms. The average Bonchev–Trinajstić information content (AvgIpc) is 3.26. The van der Waals surface area contributed by atoms with E-state index in [0.717, 1.165) is 10.6 Å². The van der Waals surface area contributed by atoms with Gasteiger partial charge in [0.1, 0.15) is 29.8 Å². The number of rotatable bonds is 3. The maximum absolute atomic E-state index is 13.9. The highest BCUT2D eigenvalue weighted by Crippen LogP contribution is 2.42. The van der Waals surface area contributed by atoms with E-state index in [2.05, 4.69) is 10.1 Å². The Morgan fingerprint density at radius 3 is 2.63 bits per heavy atom. The smallest absolute Gasteiger partial charge is 0.338 e. The lowest BCUT2D eigenvalue weighted by molar-refractivity contribution is -0.160. The van der Waals surface area contributed by atoms with E-state index in [4.69, 9.17) is 0 Å². The number of halogens is 5. The first-order valence-electron chi connectivity index (χ1n) is 9.45.